The zero-order valence-corrected chi connectivity index (χ0v) is 10.3. The molecular formula is C9H9BrN2OS. The molecule has 0 N–H and O–H groups in total. The van der Waals surface area contributed by atoms with Gasteiger partial charge in [0.15, 0.2) is 5.76 Å². The average Bonchev–Trinajstić information content (AvgIpc) is 2.71. The largest absolute Gasteiger partial charge is 0.355 e. The first-order chi connectivity index (χ1) is 6.70. The van der Waals surface area contributed by atoms with Gasteiger partial charge in [-0.2, -0.15) is 0 Å². The third-order valence-electron chi connectivity index (χ3n) is 1.82. The molecule has 0 spiro atoms. The molecule has 2 rings (SSSR count). The van der Waals surface area contributed by atoms with Crippen molar-refractivity contribution in [2.24, 2.45) is 0 Å². The molecule has 0 fully saturated rings. The fourth-order valence-corrected chi connectivity index (χ4v) is 2.37. The quantitative estimate of drug-likeness (QED) is 0.788. The molecule has 14 heavy (non-hydrogen) atoms. The van der Waals surface area contributed by atoms with Gasteiger partial charge in [0.25, 0.3) is 0 Å². The normalized spacial score (nSPS) is 10.8. The standard InChI is InChI=1S/C9H9BrN2OS/c1-5-9(14-6(2)11-5)8-3-7(4-10)12-13-8/h3H,4H2,1-2H3. The lowest BCUT2D eigenvalue weighted by Crippen LogP contribution is -1.74. The van der Waals surface area contributed by atoms with Crippen LogP contribution in [0.5, 0.6) is 0 Å². The molecular weight excluding hydrogens is 264 g/mol. The Morgan fingerprint density at radius 3 is 2.79 bits per heavy atom. The number of hydrogen-bond acceptors (Lipinski definition) is 4. The summed E-state index contributed by atoms with van der Waals surface area (Å²) in [6.45, 7) is 3.97. The second kappa shape index (κ2) is 3.82. The smallest absolute Gasteiger partial charge is 0.178 e. The van der Waals surface area contributed by atoms with Crippen LogP contribution in [-0.2, 0) is 5.33 Å². The molecule has 3 nitrogen and oxygen atoms in total. The first-order valence-corrected chi connectivity index (χ1v) is 6.10. The summed E-state index contributed by atoms with van der Waals surface area (Å²) in [4.78, 5) is 5.41. The maximum absolute atomic E-state index is 5.23. The van der Waals surface area contributed by atoms with E-state index in [4.69, 9.17) is 4.52 Å². The van der Waals surface area contributed by atoms with Crippen molar-refractivity contribution in [3.63, 3.8) is 0 Å². The maximum Gasteiger partial charge on any atom is 0.178 e. The van der Waals surface area contributed by atoms with Crippen molar-refractivity contribution in [2.45, 2.75) is 19.2 Å². The van der Waals surface area contributed by atoms with E-state index in [1.54, 1.807) is 11.3 Å². The Hall–Kier alpha value is -0.680. The highest BCUT2D eigenvalue weighted by atomic mass is 79.9. The summed E-state index contributed by atoms with van der Waals surface area (Å²) >= 11 is 4.96. The number of halogens is 1. The molecule has 0 aliphatic heterocycles. The summed E-state index contributed by atoms with van der Waals surface area (Å²) in [5, 5.41) is 5.68. The molecule has 2 aromatic heterocycles. The Morgan fingerprint density at radius 2 is 2.29 bits per heavy atom. The lowest BCUT2D eigenvalue weighted by atomic mass is 10.3. The Morgan fingerprint density at radius 1 is 1.50 bits per heavy atom. The van der Waals surface area contributed by atoms with E-state index in [2.05, 4.69) is 26.1 Å². The molecule has 0 aliphatic rings. The number of nitrogens with zero attached hydrogens (tertiary/aromatic N) is 2. The summed E-state index contributed by atoms with van der Waals surface area (Å²) in [7, 11) is 0. The van der Waals surface area contributed by atoms with E-state index >= 15 is 0 Å². The van der Waals surface area contributed by atoms with E-state index in [1.165, 1.54) is 0 Å². The van der Waals surface area contributed by atoms with Gasteiger partial charge >= 0.3 is 0 Å². The topological polar surface area (TPSA) is 38.9 Å². The number of alkyl halides is 1. The number of hydrogen-bond donors (Lipinski definition) is 0. The molecule has 74 valence electrons. The van der Waals surface area contributed by atoms with Crippen LogP contribution in [-0.4, -0.2) is 10.1 Å². The van der Waals surface area contributed by atoms with Crippen LogP contribution in [0, 0.1) is 13.8 Å². The summed E-state index contributed by atoms with van der Waals surface area (Å²) < 4.78 is 5.23. The third-order valence-corrected chi connectivity index (χ3v) is 3.49. The highest BCUT2D eigenvalue weighted by Gasteiger charge is 2.12. The van der Waals surface area contributed by atoms with Crippen molar-refractivity contribution < 1.29 is 4.52 Å². The Balaban J connectivity index is 2.43. The van der Waals surface area contributed by atoms with Crippen molar-refractivity contribution in [1.29, 1.82) is 0 Å². The van der Waals surface area contributed by atoms with Gasteiger partial charge in [0.1, 0.15) is 0 Å². The monoisotopic (exact) mass is 272 g/mol. The fraction of sp³-hybridized carbons (Fsp3) is 0.333. The van der Waals surface area contributed by atoms with Gasteiger partial charge in [-0.25, -0.2) is 4.98 Å². The van der Waals surface area contributed by atoms with Gasteiger partial charge in [-0.15, -0.1) is 11.3 Å². The summed E-state index contributed by atoms with van der Waals surface area (Å²) in [5.41, 5.74) is 1.91. The number of rotatable bonds is 2. The minimum atomic E-state index is 0.716. The van der Waals surface area contributed by atoms with E-state index in [9.17, 15) is 0 Å². The molecule has 0 aliphatic carbocycles. The van der Waals surface area contributed by atoms with Crippen molar-refractivity contribution in [3.8, 4) is 10.6 Å². The van der Waals surface area contributed by atoms with Gasteiger partial charge in [-0.1, -0.05) is 21.1 Å². The summed E-state index contributed by atoms with van der Waals surface area (Å²) in [6.07, 6.45) is 0. The second-order valence-electron chi connectivity index (χ2n) is 2.96. The van der Waals surface area contributed by atoms with Crippen LogP contribution in [0.25, 0.3) is 10.6 Å². The van der Waals surface area contributed by atoms with Crippen LogP contribution in [0.4, 0.5) is 0 Å². The van der Waals surface area contributed by atoms with Crippen LogP contribution in [0.2, 0.25) is 0 Å². The Bertz CT molecular complexity index is 449. The SMILES string of the molecule is Cc1nc(C)c(-c2cc(CBr)no2)s1. The van der Waals surface area contributed by atoms with Gasteiger partial charge in [0.05, 0.1) is 21.3 Å². The minimum absolute atomic E-state index is 0.716. The van der Waals surface area contributed by atoms with E-state index in [1.807, 2.05) is 19.9 Å². The summed E-state index contributed by atoms with van der Waals surface area (Å²) in [6, 6.07) is 1.94. The van der Waals surface area contributed by atoms with Gasteiger partial charge in [0.2, 0.25) is 0 Å². The highest BCUT2D eigenvalue weighted by molar-refractivity contribution is 9.08. The van der Waals surface area contributed by atoms with Crippen LogP contribution in [0.1, 0.15) is 16.4 Å². The van der Waals surface area contributed by atoms with Gasteiger partial charge < -0.3 is 4.52 Å². The molecule has 5 heteroatoms. The van der Waals surface area contributed by atoms with E-state index in [0.29, 0.717) is 5.33 Å². The van der Waals surface area contributed by atoms with Crippen molar-refractivity contribution in [1.82, 2.24) is 10.1 Å². The minimum Gasteiger partial charge on any atom is -0.355 e. The molecule has 0 atom stereocenters. The number of aromatic nitrogens is 2. The molecule has 0 bridgehead atoms. The predicted molar refractivity (Wildman–Crippen MR) is 59.7 cm³/mol. The lowest BCUT2D eigenvalue weighted by Gasteiger charge is -1.87. The summed E-state index contributed by atoms with van der Waals surface area (Å²) in [5.74, 6) is 0.808. The zero-order valence-electron chi connectivity index (χ0n) is 7.87. The van der Waals surface area contributed by atoms with Crippen LogP contribution in [0.15, 0.2) is 10.6 Å². The fourth-order valence-electron chi connectivity index (χ4n) is 1.24. The lowest BCUT2D eigenvalue weighted by molar-refractivity contribution is 0.427. The molecule has 0 amide bonds. The average molecular weight is 273 g/mol. The van der Waals surface area contributed by atoms with Crippen LogP contribution in [0.3, 0.4) is 0 Å². The Kier molecular flexibility index (Phi) is 2.69. The molecule has 2 aromatic rings. The van der Waals surface area contributed by atoms with Crippen LogP contribution < -0.4 is 0 Å². The van der Waals surface area contributed by atoms with Crippen molar-refractivity contribution in [2.75, 3.05) is 0 Å². The van der Waals surface area contributed by atoms with Gasteiger partial charge in [-0.3, -0.25) is 0 Å². The molecule has 2 heterocycles. The molecule has 0 radical (unpaired) electrons. The molecule has 0 saturated carbocycles. The molecule has 0 saturated heterocycles. The Labute approximate surface area is 94.3 Å². The van der Waals surface area contributed by atoms with E-state index in [0.717, 1.165) is 27.0 Å². The second-order valence-corrected chi connectivity index (χ2v) is 4.73. The molecule has 0 aromatic carbocycles. The number of thiazole rings is 1. The van der Waals surface area contributed by atoms with Crippen molar-refractivity contribution in [3.05, 3.63) is 22.5 Å². The predicted octanol–water partition coefficient (Wildman–Crippen LogP) is 3.31. The van der Waals surface area contributed by atoms with E-state index < -0.39 is 0 Å². The highest BCUT2D eigenvalue weighted by Crippen LogP contribution is 2.30. The van der Waals surface area contributed by atoms with Gasteiger partial charge in [-0.05, 0) is 13.8 Å². The third kappa shape index (κ3) is 1.74. The van der Waals surface area contributed by atoms with Gasteiger partial charge in [0, 0.05) is 11.4 Å². The maximum atomic E-state index is 5.23. The molecule has 0 unspecified atom stereocenters. The first-order valence-electron chi connectivity index (χ1n) is 4.16. The number of aryl methyl sites for hydroxylation is 2. The zero-order chi connectivity index (χ0) is 10.1. The van der Waals surface area contributed by atoms with Crippen LogP contribution >= 0.6 is 27.3 Å². The van der Waals surface area contributed by atoms with Crippen molar-refractivity contribution >= 4 is 27.3 Å². The first kappa shape index (κ1) is 9.86. The van der Waals surface area contributed by atoms with E-state index in [-0.39, 0.29) is 0 Å².